The molecule has 1 amide bonds. The summed E-state index contributed by atoms with van der Waals surface area (Å²) < 4.78 is 11.1. The van der Waals surface area contributed by atoms with Crippen molar-refractivity contribution in [1.82, 2.24) is 9.80 Å². The molecule has 0 aliphatic carbocycles. The van der Waals surface area contributed by atoms with Crippen LogP contribution in [0.3, 0.4) is 0 Å². The molecule has 1 saturated heterocycles. The SMILES string of the molecule is CC1C=CC(OC(=O)N2CCN(C)CC2)C(C)CCCCC(=O)OC1. The van der Waals surface area contributed by atoms with Gasteiger partial charge in [-0.15, -0.1) is 0 Å². The first-order valence-electron chi connectivity index (χ1n) is 9.43. The van der Waals surface area contributed by atoms with Crippen LogP contribution >= 0.6 is 0 Å². The van der Waals surface area contributed by atoms with Crippen LogP contribution in [-0.2, 0) is 14.3 Å². The third kappa shape index (κ3) is 6.69. The van der Waals surface area contributed by atoms with Gasteiger partial charge in [-0.25, -0.2) is 4.79 Å². The molecule has 0 spiro atoms. The first-order valence-corrected chi connectivity index (χ1v) is 9.43. The van der Waals surface area contributed by atoms with E-state index in [9.17, 15) is 9.59 Å². The van der Waals surface area contributed by atoms with Crippen LogP contribution in [0.1, 0.15) is 39.5 Å². The molecule has 0 aromatic rings. The molecule has 0 saturated carbocycles. The van der Waals surface area contributed by atoms with Crippen molar-refractivity contribution in [2.24, 2.45) is 11.8 Å². The van der Waals surface area contributed by atoms with Crippen molar-refractivity contribution in [2.75, 3.05) is 39.8 Å². The monoisotopic (exact) mass is 352 g/mol. The number of carbonyl (C=O) groups excluding carboxylic acids is 2. The van der Waals surface area contributed by atoms with Crippen LogP contribution in [0.5, 0.6) is 0 Å². The molecule has 0 aromatic heterocycles. The molecule has 3 unspecified atom stereocenters. The molecule has 0 N–H and O–H groups in total. The molecule has 2 aliphatic heterocycles. The molecule has 2 heterocycles. The fourth-order valence-electron chi connectivity index (χ4n) is 3.08. The van der Waals surface area contributed by atoms with Crippen molar-refractivity contribution >= 4 is 12.1 Å². The number of hydrogen-bond acceptors (Lipinski definition) is 5. The van der Waals surface area contributed by atoms with Crippen LogP contribution in [-0.4, -0.2) is 67.8 Å². The van der Waals surface area contributed by atoms with E-state index >= 15 is 0 Å². The Kier molecular flexibility index (Phi) is 7.75. The highest BCUT2D eigenvalue weighted by Crippen LogP contribution is 2.20. The molecule has 6 heteroatoms. The van der Waals surface area contributed by atoms with E-state index in [-0.39, 0.29) is 30.0 Å². The maximum Gasteiger partial charge on any atom is 0.410 e. The third-order valence-electron chi connectivity index (χ3n) is 4.99. The molecule has 2 aliphatic rings. The summed E-state index contributed by atoms with van der Waals surface area (Å²) in [5.41, 5.74) is 0. The molecular weight excluding hydrogens is 320 g/mol. The molecule has 0 radical (unpaired) electrons. The topological polar surface area (TPSA) is 59.1 Å². The number of cyclic esters (lactones) is 1. The van der Waals surface area contributed by atoms with Crippen LogP contribution in [0.4, 0.5) is 4.79 Å². The number of piperazine rings is 1. The van der Waals surface area contributed by atoms with Crippen molar-refractivity contribution in [3.8, 4) is 0 Å². The smallest absolute Gasteiger partial charge is 0.410 e. The van der Waals surface area contributed by atoms with Crippen LogP contribution in [0.2, 0.25) is 0 Å². The van der Waals surface area contributed by atoms with E-state index in [2.05, 4.69) is 18.9 Å². The highest BCUT2D eigenvalue weighted by molar-refractivity contribution is 5.69. The van der Waals surface area contributed by atoms with E-state index in [1.165, 1.54) is 0 Å². The van der Waals surface area contributed by atoms with Gasteiger partial charge in [-0.3, -0.25) is 4.79 Å². The average molecular weight is 352 g/mol. The van der Waals surface area contributed by atoms with Crippen LogP contribution in [0.25, 0.3) is 0 Å². The van der Waals surface area contributed by atoms with Gasteiger partial charge in [0.15, 0.2) is 0 Å². The van der Waals surface area contributed by atoms with Crippen molar-refractivity contribution in [2.45, 2.75) is 45.6 Å². The summed E-state index contributed by atoms with van der Waals surface area (Å²) in [4.78, 5) is 28.1. The summed E-state index contributed by atoms with van der Waals surface area (Å²) >= 11 is 0. The zero-order valence-electron chi connectivity index (χ0n) is 15.8. The Morgan fingerprint density at radius 1 is 1.16 bits per heavy atom. The van der Waals surface area contributed by atoms with Crippen molar-refractivity contribution in [3.05, 3.63) is 12.2 Å². The predicted octanol–water partition coefficient (Wildman–Crippen LogP) is 2.68. The van der Waals surface area contributed by atoms with Gasteiger partial charge in [-0.2, -0.15) is 0 Å². The number of ether oxygens (including phenoxy) is 2. The Balaban J connectivity index is 1.97. The van der Waals surface area contributed by atoms with E-state index in [4.69, 9.17) is 9.47 Å². The molecular formula is C19H32N2O4. The molecule has 3 atom stereocenters. The Morgan fingerprint density at radius 3 is 2.60 bits per heavy atom. The summed E-state index contributed by atoms with van der Waals surface area (Å²) in [5, 5.41) is 0. The molecule has 0 aromatic carbocycles. The number of hydrogen-bond donors (Lipinski definition) is 0. The average Bonchev–Trinajstić information content (AvgIpc) is 2.59. The Bertz CT molecular complexity index is 472. The Labute approximate surface area is 151 Å². The van der Waals surface area contributed by atoms with Gasteiger partial charge in [0, 0.05) is 38.5 Å². The fourth-order valence-corrected chi connectivity index (χ4v) is 3.08. The van der Waals surface area contributed by atoms with Crippen LogP contribution in [0, 0.1) is 11.8 Å². The van der Waals surface area contributed by atoms with Crippen LogP contribution in [0.15, 0.2) is 12.2 Å². The first kappa shape index (κ1) is 19.8. The lowest BCUT2D eigenvalue weighted by atomic mass is 9.95. The minimum absolute atomic E-state index is 0.111. The first-order chi connectivity index (χ1) is 12.0. The van der Waals surface area contributed by atoms with E-state index in [0.29, 0.717) is 26.1 Å². The summed E-state index contributed by atoms with van der Waals surface area (Å²) in [6.07, 6.45) is 6.65. The van der Waals surface area contributed by atoms with E-state index < -0.39 is 0 Å². The number of nitrogens with zero attached hydrogens (tertiary/aromatic N) is 2. The highest BCUT2D eigenvalue weighted by atomic mass is 16.6. The van der Waals surface area contributed by atoms with Gasteiger partial charge in [0.2, 0.25) is 0 Å². The second-order valence-electron chi connectivity index (χ2n) is 7.41. The normalized spacial score (nSPS) is 30.1. The maximum atomic E-state index is 12.5. The minimum Gasteiger partial charge on any atom is -0.465 e. The van der Waals surface area contributed by atoms with Gasteiger partial charge in [-0.1, -0.05) is 26.3 Å². The maximum absolute atomic E-state index is 12.5. The molecule has 142 valence electrons. The van der Waals surface area contributed by atoms with Gasteiger partial charge in [0.05, 0.1) is 6.61 Å². The quantitative estimate of drug-likeness (QED) is 0.536. The lowest BCUT2D eigenvalue weighted by Crippen LogP contribution is -2.48. The summed E-state index contributed by atoms with van der Waals surface area (Å²) in [6.45, 7) is 7.68. The standard InChI is InChI=1S/C19H32N2O4/c1-15-8-9-17(16(2)6-4-5-7-18(22)24-14-15)25-19(23)21-12-10-20(3)11-13-21/h8-9,15-17H,4-7,10-14H2,1-3H3. The summed E-state index contributed by atoms with van der Waals surface area (Å²) in [5.74, 6) is 0.224. The second-order valence-corrected chi connectivity index (χ2v) is 7.41. The second kappa shape index (κ2) is 9.80. The van der Waals surface area contributed by atoms with Crippen LogP contribution < -0.4 is 0 Å². The minimum atomic E-state index is -0.232. The molecule has 6 nitrogen and oxygen atoms in total. The van der Waals surface area contributed by atoms with Gasteiger partial charge in [0.1, 0.15) is 6.10 Å². The Morgan fingerprint density at radius 2 is 1.88 bits per heavy atom. The van der Waals surface area contributed by atoms with Crippen molar-refractivity contribution < 1.29 is 19.1 Å². The zero-order valence-corrected chi connectivity index (χ0v) is 15.8. The lowest BCUT2D eigenvalue weighted by molar-refractivity contribution is -0.144. The summed E-state index contributed by atoms with van der Waals surface area (Å²) in [6, 6.07) is 0. The van der Waals surface area contributed by atoms with Gasteiger partial charge >= 0.3 is 12.1 Å². The zero-order chi connectivity index (χ0) is 18.2. The van der Waals surface area contributed by atoms with Gasteiger partial charge < -0.3 is 19.3 Å². The number of esters is 1. The number of rotatable bonds is 1. The van der Waals surface area contributed by atoms with Gasteiger partial charge in [0.25, 0.3) is 0 Å². The highest BCUT2D eigenvalue weighted by Gasteiger charge is 2.25. The summed E-state index contributed by atoms with van der Waals surface area (Å²) in [7, 11) is 2.06. The largest absolute Gasteiger partial charge is 0.465 e. The van der Waals surface area contributed by atoms with E-state index in [1.807, 2.05) is 19.1 Å². The molecule has 1 fully saturated rings. The molecule has 0 bridgehead atoms. The number of amides is 1. The number of likely N-dealkylation sites (N-methyl/N-ethyl adjacent to an activating group) is 1. The third-order valence-corrected chi connectivity index (χ3v) is 4.99. The van der Waals surface area contributed by atoms with E-state index in [0.717, 1.165) is 32.4 Å². The fraction of sp³-hybridized carbons (Fsp3) is 0.789. The van der Waals surface area contributed by atoms with Gasteiger partial charge in [-0.05, 0) is 31.9 Å². The van der Waals surface area contributed by atoms with Crippen molar-refractivity contribution in [3.63, 3.8) is 0 Å². The Hall–Kier alpha value is -1.56. The van der Waals surface area contributed by atoms with E-state index in [1.54, 1.807) is 4.90 Å². The number of carbonyl (C=O) groups is 2. The van der Waals surface area contributed by atoms with Crippen molar-refractivity contribution in [1.29, 1.82) is 0 Å². The predicted molar refractivity (Wildman–Crippen MR) is 96.2 cm³/mol. The lowest BCUT2D eigenvalue weighted by Gasteiger charge is -2.33. The molecule has 25 heavy (non-hydrogen) atoms. The molecule has 2 rings (SSSR count).